The summed E-state index contributed by atoms with van der Waals surface area (Å²) in [4.78, 5) is 18.3. The van der Waals surface area contributed by atoms with Gasteiger partial charge < -0.3 is 14.5 Å². The van der Waals surface area contributed by atoms with Gasteiger partial charge in [-0.25, -0.2) is 4.98 Å². The molecule has 1 atom stereocenters. The molecule has 1 aliphatic carbocycles. The largest absolute Gasteiger partial charge is 0.448 e. The molecule has 1 aliphatic heterocycles. The van der Waals surface area contributed by atoms with E-state index in [-0.39, 0.29) is 12.0 Å². The lowest BCUT2D eigenvalue weighted by atomic mass is 10.2. The summed E-state index contributed by atoms with van der Waals surface area (Å²) in [5.41, 5.74) is 0.934. The first-order valence-corrected chi connectivity index (χ1v) is 6.75. The van der Waals surface area contributed by atoms with E-state index in [1.165, 1.54) is 6.39 Å². The molecule has 0 spiro atoms. The lowest BCUT2D eigenvalue weighted by Gasteiger charge is -2.31. The highest BCUT2D eigenvalue weighted by atomic mass is 16.5. The molecule has 1 N–H and O–H groups in total. The Kier molecular flexibility index (Phi) is 3.52. The van der Waals surface area contributed by atoms with Crippen LogP contribution >= 0.6 is 0 Å². The summed E-state index contributed by atoms with van der Waals surface area (Å²) in [6, 6.07) is 0.379. The van der Waals surface area contributed by atoms with Gasteiger partial charge in [-0.15, -0.1) is 0 Å². The molecule has 1 saturated heterocycles. The van der Waals surface area contributed by atoms with Crippen molar-refractivity contribution in [3.63, 3.8) is 0 Å². The fraction of sp³-hybridized carbons (Fsp3) is 0.692. The third kappa shape index (κ3) is 3.13. The van der Waals surface area contributed by atoms with Crippen molar-refractivity contribution < 1.29 is 13.9 Å². The van der Waals surface area contributed by atoms with Gasteiger partial charge in [0.2, 0.25) is 0 Å². The Hall–Kier alpha value is -1.40. The minimum Gasteiger partial charge on any atom is -0.448 e. The van der Waals surface area contributed by atoms with Crippen molar-refractivity contribution in [1.82, 2.24) is 15.2 Å². The van der Waals surface area contributed by atoms with Crippen molar-refractivity contribution in [3.05, 3.63) is 17.8 Å². The maximum Gasteiger partial charge on any atom is 0.250 e. The smallest absolute Gasteiger partial charge is 0.250 e. The molecular formula is C13H19N3O3. The predicted octanol–water partition coefficient (Wildman–Crippen LogP) is 0.462. The van der Waals surface area contributed by atoms with Crippen molar-refractivity contribution >= 4 is 5.91 Å². The number of amides is 1. The number of hydrogen-bond donors (Lipinski definition) is 1. The number of carbonyl (C=O) groups excluding carboxylic acids is 1. The Morgan fingerprint density at radius 2 is 2.42 bits per heavy atom. The number of ether oxygens (including phenoxy) is 1. The molecule has 2 fully saturated rings. The summed E-state index contributed by atoms with van der Waals surface area (Å²) in [5.74, 6) is 0.856. The van der Waals surface area contributed by atoms with Crippen LogP contribution < -0.4 is 5.32 Å². The fourth-order valence-corrected chi connectivity index (χ4v) is 2.22. The average molecular weight is 265 g/mol. The zero-order chi connectivity index (χ0) is 13.2. The Morgan fingerprint density at radius 1 is 1.58 bits per heavy atom. The number of rotatable bonds is 4. The van der Waals surface area contributed by atoms with E-state index in [2.05, 4.69) is 15.2 Å². The van der Waals surface area contributed by atoms with Crippen LogP contribution in [0.15, 0.2) is 10.8 Å². The number of nitrogens with zero attached hydrogens (tertiary/aromatic N) is 2. The molecule has 1 amide bonds. The van der Waals surface area contributed by atoms with E-state index in [0.29, 0.717) is 25.7 Å². The van der Waals surface area contributed by atoms with E-state index < -0.39 is 0 Å². The molecule has 6 nitrogen and oxygen atoms in total. The molecular weight excluding hydrogens is 246 g/mol. The summed E-state index contributed by atoms with van der Waals surface area (Å²) in [6.45, 7) is 4.63. The van der Waals surface area contributed by atoms with Crippen LogP contribution in [-0.4, -0.2) is 47.6 Å². The van der Waals surface area contributed by atoms with Crippen molar-refractivity contribution in [2.24, 2.45) is 0 Å². The van der Waals surface area contributed by atoms with Gasteiger partial charge >= 0.3 is 0 Å². The van der Waals surface area contributed by atoms with E-state index in [4.69, 9.17) is 9.15 Å². The van der Waals surface area contributed by atoms with Crippen LogP contribution in [0.4, 0.5) is 0 Å². The molecule has 6 heteroatoms. The molecule has 2 aliphatic rings. The second-order valence-corrected chi connectivity index (χ2v) is 5.23. The lowest BCUT2D eigenvalue weighted by molar-refractivity contribution is -0.139. The second-order valence-electron chi connectivity index (χ2n) is 5.23. The average Bonchev–Trinajstić information content (AvgIpc) is 3.13. The van der Waals surface area contributed by atoms with E-state index in [1.54, 1.807) is 0 Å². The first kappa shape index (κ1) is 12.6. The van der Waals surface area contributed by atoms with Gasteiger partial charge in [0.25, 0.3) is 5.91 Å². The Labute approximate surface area is 112 Å². The molecule has 1 aromatic heterocycles. The summed E-state index contributed by atoms with van der Waals surface area (Å²) < 4.78 is 10.7. The first-order valence-electron chi connectivity index (χ1n) is 6.75. The molecule has 1 unspecified atom stereocenters. The monoisotopic (exact) mass is 265 g/mol. The van der Waals surface area contributed by atoms with E-state index in [9.17, 15) is 4.79 Å². The molecule has 1 saturated carbocycles. The van der Waals surface area contributed by atoms with Gasteiger partial charge in [-0.1, -0.05) is 0 Å². The van der Waals surface area contributed by atoms with E-state index in [1.807, 2.05) is 6.92 Å². The van der Waals surface area contributed by atoms with Gasteiger partial charge in [0.15, 0.2) is 6.39 Å². The molecule has 19 heavy (non-hydrogen) atoms. The minimum atomic E-state index is -0.360. The first-order chi connectivity index (χ1) is 9.22. The minimum absolute atomic E-state index is 0.0177. The highest BCUT2D eigenvalue weighted by Gasteiger charge is 2.31. The number of morpholine rings is 1. The Balaban J connectivity index is 1.55. The van der Waals surface area contributed by atoms with Gasteiger partial charge in [0.1, 0.15) is 11.9 Å². The highest BCUT2D eigenvalue weighted by Crippen LogP contribution is 2.19. The van der Waals surface area contributed by atoms with Gasteiger partial charge in [0.05, 0.1) is 12.3 Å². The summed E-state index contributed by atoms with van der Waals surface area (Å²) in [5, 5.41) is 2.99. The standard InChI is InChI=1S/C13H19N3O3/c1-9-11(14-8-19-9)6-16-4-5-18-12(7-16)13(17)15-10-2-3-10/h8,10,12H,2-7H2,1H3,(H,15,17). The fourth-order valence-electron chi connectivity index (χ4n) is 2.22. The van der Waals surface area contributed by atoms with Gasteiger partial charge in [0, 0.05) is 25.7 Å². The van der Waals surface area contributed by atoms with E-state index >= 15 is 0 Å². The summed E-state index contributed by atoms with van der Waals surface area (Å²) in [7, 11) is 0. The second kappa shape index (κ2) is 5.30. The lowest BCUT2D eigenvalue weighted by Crippen LogP contribution is -2.49. The number of aromatic nitrogens is 1. The number of oxazole rings is 1. The van der Waals surface area contributed by atoms with E-state index in [0.717, 1.165) is 30.8 Å². The van der Waals surface area contributed by atoms with Crippen molar-refractivity contribution in [3.8, 4) is 0 Å². The quantitative estimate of drug-likeness (QED) is 0.856. The zero-order valence-electron chi connectivity index (χ0n) is 11.1. The molecule has 0 aromatic carbocycles. The molecule has 1 aromatic rings. The van der Waals surface area contributed by atoms with Crippen molar-refractivity contribution in [1.29, 1.82) is 0 Å². The van der Waals surface area contributed by atoms with Crippen LogP contribution in [0.25, 0.3) is 0 Å². The molecule has 104 valence electrons. The van der Waals surface area contributed by atoms with Crippen LogP contribution in [0.3, 0.4) is 0 Å². The number of nitrogens with one attached hydrogen (secondary N) is 1. The predicted molar refractivity (Wildman–Crippen MR) is 67.4 cm³/mol. The molecule has 2 heterocycles. The van der Waals surface area contributed by atoms with Crippen LogP contribution in [-0.2, 0) is 16.1 Å². The van der Waals surface area contributed by atoms with Crippen molar-refractivity contribution in [2.45, 2.75) is 38.5 Å². The highest BCUT2D eigenvalue weighted by molar-refractivity contribution is 5.81. The molecule has 0 bridgehead atoms. The van der Waals surface area contributed by atoms with Crippen LogP contribution in [0, 0.1) is 6.92 Å². The Morgan fingerprint density at radius 3 is 3.11 bits per heavy atom. The number of aryl methyl sites for hydroxylation is 1. The van der Waals surface area contributed by atoms with Crippen LogP contribution in [0.1, 0.15) is 24.3 Å². The number of hydrogen-bond acceptors (Lipinski definition) is 5. The Bertz CT molecular complexity index is 456. The number of carbonyl (C=O) groups is 1. The maximum absolute atomic E-state index is 12.0. The van der Waals surface area contributed by atoms with Gasteiger partial charge in [-0.05, 0) is 19.8 Å². The summed E-state index contributed by atoms with van der Waals surface area (Å²) >= 11 is 0. The maximum atomic E-state index is 12.0. The molecule has 3 rings (SSSR count). The van der Waals surface area contributed by atoms with Crippen LogP contribution in [0.5, 0.6) is 0 Å². The molecule has 0 radical (unpaired) electrons. The third-order valence-electron chi connectivity index (χ3n) is 3.58. The van der Waals surface area contributed by atoms with Gasteiger partial charge in [-0.2, -0.15) is 0 Å². The van der Waals surface area contributed by atoms with Gasteiger partial charge in [-0.3, -0.25) is 9.69 Å². The summed E-state index contributed by atoms with van der Waals surface area (Å²) in [6.07, 6.45) is 3.30. The SMILES string of the molecule is Cc1ocnc1CN1CCOC(C(=O)NC2CC2)C1. The normalized spacial score (nSPS) is 24.4. The zero-order valence-corrected chi connectivity index (χ0v) is 11.1. The van der Waals surface area contributed by atoms with Crippen molar-refractivity contribution in [2.75, 3.05) is 19.7 Å². The topological polar surface area (TPSA) is 67.6 Å². The van der Waals surface area contributed by atoms with Crippen LogP contribution in [0.2, 0.25) is 0 Å². The third-order valence-corrected chi connectivity index (χ3v) is 3.58.